The second kappa shape index (κ2) is 6.70. The smallest absolute Gasteiger partial charge is 0.293 e. The SMILES string of the molecule is CCCn1ccnc(NCC2CCOC2CC)c1=O. The second-order valence-electron chi connectivity index (χ2n) is 5.02. The summed E-state index contributed by atoms with van der Waals surface area (Å²) in [5.74, 6) is 0.934. The van der Waals surface area contributed by atoms with Crippen LogP contribution in [0.3, 0.4) is 0 Å². The Morgan fingerprint density at radius 2 is 2.37 bits per heavy atom. The van der Waals surface area contributed by atoms with Gasteiger partial charge in [-0.1, -0.05) is 13.8 Å². The molecule has 2 atom stereocenters. The van der Waals surface area contributed by atoms with Gasteiger partial charge in [0.05, 0.1) is 6.10 Å². The summed E-state index contributed by atoms with van der Waals surface area (Å²) in [5.41, 5.74) is -0.0312. The molecule has 0 aromatic carbocycles. The fraction of sp³-hybridized carbons (Fsp3) is 0.714. The fourth-order valence-electron chi connectivity index (χ4n) is 2.59. The molecule has 5 heteroatoms. The van der Waals surface area contributed by atoms with E-state index in [-0.39, 0.29) is 5.56 Å². The van der Waals surface area contributed by atoms with E-state index in [2.05, 4.69) is 24.1 Å². The van der Waals surface area contributed by atoms with Crippen LogP contribution in [-0.4, -0.2) is 28.8 Å². The summed E-state index contributed by atoms with van der Waals surface area (Å²) in [6.07, 6.45) is 6.76. The highest BCUT2D eigenvalue weighted by molar-refractivity contribution is 5.30. The molecule has 5 nitrogen and oxygen atoms in total. The maximum atomic E-state index is 12.1. The molecule has 2 unspecified atom stereocenters. The second-order valence-corrected chi connectivity index (χ2v) is 5.02. The monoisotopic (exact) mass is 265 g/mol. The van der Waals surface area contributed by atoms with Gasteiger partial charge in [-0.2, -0.15) is 0 Å². The van der Waals surface area contributed by atoms with Crippen LogP contribution in [0.2, 0.25) is 0 Å². The summed E-state index contributed by atoms with van der Waals surface area (Å²) in [6.45, 7) is 6.52. The van der Waals surface area contributed by atoms with Crippen molar-refractivity contribution in [3.8, 4) is 0 Å². The lowest BCUT2D eigenvalue weighted by Crippen LogP contribution is -2.28. The van der Waals surface area contributed by atoms with Gasteiger partial charge < -0.3 is 14.6 Å². The van der Waals surface area contributed by atoms with E-state index in [9.17, 15) is 4.79 Å². The first kappa shape index (κ1) is 14.1. The molecule has 1 aromatic heterocycles. The van der Waals surface area contributed by atoms with Crippen molar-refractivity contribution in [3.63, 3.8) is 0 Å². The molecule has 106 valence electrons. The van der Waals surface area contributed by atoms with Gasteiger partial charge in [0.25, 0.3) is 5.56 Å². The van der Waals surface area contributed by atoms with Gasteiger partial charge in [-0.3, -0.25) is 4.79 Å². The van der Waals surface area contributed by atoms with Gasteiger partial charge in [0.15, 0.2) is 5.82 Å². The molecule has 2 rings (SSSR count). The average molecular weight is 265 g/mol. The van der Waals surface area contributed by atoms with Crippen molar-refractivity contribution in [3.05, 3.63) is 22.7 Å². The molecule has 1 N–H and O–H groups in total. The Kier molecular flexibility index (Phi) is 4.96. The molecule has 1 saturated heterocycles. The van der Waals surface area contributed by atoms with Gasteiger partial charge in [-0.25, -0.2) is 4.98 Å². The van der Waals surface area contributed by atoms with E-state index in [4.69, 9.17) is 4.74 Å². The topological polar surface area (TPSA) is 56.1 Å². The Morgan fingerprint density at radius 3 is 3.11 bits per heavy atom. The Labute approximate surface area is 114 Å². The maximum absolute atomic E-state index is 12.1. The molecular formula is C14H23N3O2. The molecule has 0 spiro atoms. The Balaban J connectivity index is 1.99. The molecule has 1 aliphatic rings. The third-order valence-electron chi connectivity index (χ3n) is 3.66. The van der Waals surface area contributed by atoms with Crippen LogP contribution in [0.4, 0.5) is 5.82 Å². The van der Waals surface area contributed by atoms with Crippen molar-refractivity contribution < 1.29 is 4.74 Å². The lowest BCUT2D eigenvalue weighted by Gasteiger charge is -2.17. The molecule has 1 aliphatic heterocycles. The number of nitrogens with one attached hydrogen (secondary N) is 1. The van der Waals surface area contributed by atoms with Crippen molar-refractivity contribution in [1.29, 1.82) is 0 Å². The number of anilines is 1. The van der Waals surface area contributed by atoms with Crippen molar-refractivity contribution in [1.82, 2.24) is 9.55 Å². The minimum atomic E-state index is -0.0312. The number of aromatic nitrogens is 2. The highest BCUT2D eigenvalue weighted by atomic mass is 16.5. The zero-order valence-electron chi connectivity index (χ0n) is 11.8. The van der Waals surface area contributed by atoms with E-state index >= 15 is 0 Å². The Hall–Kier alpha value is -1.36. The molecule has 0 radical (unpaired) electrons. The van der Waals surface area contributed by atoms with E-state index in [1.807, 2.05) is 0 Å². The van der Waals surface area contributed by atoms with E-state index in [1.165, 1.54) is 0 Å². The van der Waals surface area contributed by atoms with Crippen LogP contribution in [0, 0.1) is 5.92 Å². The third kappa shape index (κ3) is 3.35. The number of rotatable bonds is 6. The minimum absolute atomic E-state index is 0.0312. The van der Waals surface area contributed by atoms with Crippen LogP contribution < -0.4 is 10.9 Å². The lowest BCUT2D eigenvalue weighted by molar-refractivity contribution is 0.0900. The van der Waals surface area contributed by atoms with E-state index in [1.54, 1.807) is 17.0 Å². The molecule has 0 amide bonds. The van der Waals surface area contributed by atoms with Crippen LogP contribution >= 0.6 is 0 Å². The Bertz CT molecular complexity index is 458. The predicted molar refractivity (Wildman–Crippen MR) is 75.4 cm³/mol. The average Bonchev–Trinajstić information content (AvgIpc) is 2.87. The van der Waals surface area contributed by atoms with Crippen LogP contribution in [0.15, 0.2) is 17.2 Å². The number of hydrogen-bond acceptors (Lipinski definition) is 4. The zero-order chi connectivity index (χ0) is 13.7. The quantitative estimate of drug-likeness (QED) is 0.853. The Morgan fingerprint density at radius 1 is 1.53 bits per heavy atom. The summed E-state index contributed by atoms with van der Waals surface area (Å²) in [4.78, 5) is 16.3. The maximum Gasteiger partial charge on any atom is 0.293 e. The number of nitrogens with zero attached hydrogens (tertiary/aromatic N) is 2. The van der Waals surface area contributed by atoms with Gasteiger partial charge >= 0.3 is 0 Å². The van der Waals surface area contributed by atoms with Gasteiger partial charge in [0, 0.05) is 38.0 Å². The lowest BCUT2D eigenvalue weighted by atomic mass is 10.00. The number of ether oxygens (including phenoxy) is 1. The molecular weight excluding hydrogens is 242 g/mol. The third-order valence-corrected chi connectivity index (χ3v) is 3.66. The first-order valence-electron chi connectivity index (χ1n) is 7.17. The van der Waals surface area contributed by atoms with Crippen molar-refractivity contribution in [2.24, 2.45) is 5.92 Å². The first-order valence-corrected chi connectivity index (χ1v) is 7.17. The van der Waals surface area contributed by atoms with Gasteiger partial charge in [-0.15, -0.1) is 0 Å². The molecule has 1 fully saturated rings. The van der Waals surface area contributed by atoms with Gasteiger partial charge in [-0.05, 0) is 19.3 Å². The van der Waals surface area contributed by atoms with Crippen LogP contribution in [0.1, 0.15) is 33.1 Å². The molecule has 0 saturated carbocycles. The number of aryl methyl sites for hydroxylation is 1. The summed E-state index contributed by atoms with van der Waals surface area (Å²) >= 11 is 0. The number of hydrogen-bond donors (Lipinski definition) is 1. The first-order chi connectivity index (χ1) is 9.26. The van der Waals surface area contributed by atoms with Crippen molar-refractivity contribution in [2.75, 3.05) is 18.5 Å². The minimum Gasteiger partial charge on any atom is -0.378 e. The summed E-state index contributed by atoms with van der Waals surface area (Å²) < 4.78 is 7.36. The molecule has 0 aliphatic carbocycles. The zero-order valence-corrected chi connectivity index (χ0v) is 11.8. The van der Waals surface area contributed by atoms with Crippen LogP contribution in [0.25, 0.3) is 0 Å². The summed E-state index contributed by atoms with van der Waals surface area (Å²) in [5, 5.41) is 3.19. The highest BCUT2D eigenvalue weighted by Gasteiger charge is 2.26. The predicted octanol–water partition coefficient (Wildman–Crippen LogP) is 1.88. The summed E-state index contributed by atoms with van der Waals surface area (Å²) in [6, 6.07) is 0. The van der Waals surface area contributed by atoms with Crippen LogP contribution in [-0.2, 0) is 11.3 Å². The van der Waals surface area contributed by atoms with E-state index in [0.29, 0.717) is 17.8 Å². The van der Waals surface area contributed by atoms with Gasteiger partial charge in [0.2, 0.25) is 0 Å². The standard InChI is InChI=1S/C14H23N3O2/c1-3-7-17-8-6-15-13(14(17)18)16-10-11-5-9-19-12(11)4-2/h6,8,11-12H,3-5,7,9-10H2,1-2H3,(H,15,16). The normalized spacial score (nSPS) is 22.6. The fourth-order valence-corrected chi connectivity index (χ4v) is 2.59. The molecule has 2 heterocycles. The highest BCUT2D eigenvalue weighted by Crippen LogP contribution is 2.23. The van der Waals surface area contributed by atoms with Gasteiger partial charge in [0.1, 0.15) is 0 Å². The van der Waals surface area contributed by atoms with Crippen molar-refractivity contribution in [2.45, 2.75) is 45.8 Å². The van der Waals surface area contributed by atoms with E-state index < -0.39 is 0 Å². The largest absolute Gasteiger partial charge is 0.378 e. The van der Waals surface area contributed by atoms with E-state index in [0.717, 1.165) is 39.0 Å². The molecule has 1 aromatic rings. The van der Waals surface area contributed by atoms with Crippen molar-refractivity contribution >= 4 is 5.82 Å². The molecule has 0 bridgehead atoms. The molecule has 19 heavy (non-hydrogen) atoms. The van der Waals surface area contributed by atoms with Crippen LogP contribution in [0.5, 0.6) is 0 Å². The summed E-state index contributed by atoms with van der Waals surface area (Å²) in [7, 11) is 0.